The van der Waals surface area contributed by atoms with Gasteiger partial charge in [-0.3, -0.25) is 0 Å². The van der Waals surface area contributed by atoms with E-state index in [9.17, 15) is 14.7 Å². The molecule has 3 rings (SSSR count). The second kappa shape index (κ2) is 11.9. The fourth-order valence-corrected chi connectivity index (χ4v) is 3.84. The molecule has 0 fully saturated rings. The Kier molecular flexibility index (Phi) is 8.63. The first-order valence-electron chi connectivity index (χ1n) is 10.1. The molecular formula is C24H26N2O4S. The number of esters is 1. The maximum absolute atomic E-state index is 12.9. The van der Waals surface area contributed by atoms with Crippen molar-refractivity contribution in [1.82, 2.24) is 10.2 Å². The van der Waals surface area contributed by atoms with E-state index in [1.165, 1.54) is 16.2 Å². The molecule has 0 unspecified atom stereocenters. The Labute approximate surface area is 186 Å². The molecule has 0 radical (unpaired) electrons. The molecule has 0 aliphatic rings. The lowest BCUT2D eigenvalue weighted by Crippen LogP contribution is -2.51. The minimum Gasteiger partial charge on any atom is -0.425 e. The number of carbonyl (C=O) groups is 2. The predicted molar refractivity (Wildman–Crippen MR) is 121 cm³/mol. The second-order valence-electron chi connectivity index (χ2n) is 6.97. The molecule has 2 amide bonds. The lowest BCUT2D eigenvalue weighted by atomic mass is 10.1. The maximum Gasteiger partial charge on any atom is 0.334 e. The number of ether oxygens (including phenoxy) is 1. The lowest BCUT2D eigenvalue weighted by Gasteiger charge is -2.25. The predicted octanol–water partition coefficient (Wildman–Crippen LogP) is 3.51. The molecule has 0 bridgehead atoms. The van der Waals surface area contributed by atoms with Crippen molar-refractivity contribution in [3.05, 3.63) is 88.6 Å². The molecule has 3 aromatic rings. The van der Waals surface area contributed by atoms with Crippen molar-refractivity contribution in [2.75, 3.05) is 19.7 Å². The fraction of sp³-hybridized carbons (Fsp3) is 0.250. The molecule has 0 aliphatic carbocycles. The van der Waals surface area contributed by atoms with Crippen LogP contribution in [0.1, 0.15) is 10.4 Å². The van der Waals surface area contributed by atoms with Crippen molar-refractivity contribution >= 4 is 23.3 Å². The van der Waals surface area contributed by atoms with Crippen LogP contribution in [0.25, 0.3) is 0 Å². The molecule has 0 saturated carbocycles. The molecule has 31 heavy (non-hydrogen) atoms. The largest absolute Gasteiger partial charge is 0.425 e. The smallest absolute Gasteiger partial charge is 0.334 e. The highest BCUT2D eigenvalue weighted by Crippen LogP contribution is 2.15. The SMILES string of the molecule is O=C(Oc1ccccc1)[C@H](Cc1cccs1)NC(=O)N(CCO)CCc1ccccc1. The first-order valence-corrected chi connectivity index (χ1v) is 11.0. The average molecular weight is 439 g/mol. The molecular weight excluding hydrogens is 412 g/mol. The average Bonchev–Trinajstić information content (AvgIpc) is 3.30. The van der Waals surface area contributed by atoms with Gasteiger partial charge in [-0.05, 0) is 35.6 Å². The van der Waals surface area contributed by atoms with Crippen molar-refractivity contribution in [2.24, 2.45) is 0 Å². The molecule has 0 saturated heterocycles. The number of rotatable bonds is 10. The van der Waals surface area contributed by atoms with Gasteiger partial charge in [-0.2, -0.15) is 0 Å². The number of aliphatic hydroxyl groups is 1. The number of hydrogen-bond donors (Lipinski definition) is 2. The summed E-state index contributed by atoms with van der Waals surface area (Å²) in [5, 5.41) is 14.1. The van der Waals surface area contributed by atoms with Crippen molar-refractivity contribution in [3.63, 3.8) is 0 Å². The quantitative estimate of drug-likeness (QED) is 0.375. The van der Waals surface area contributed by atoms with E-state index in [4.69, 9.17) is 4.74 Å². The number of hydrogen-bond acceptors (Lipinski definition) is 5. The number of urea groups is 1. The van der Waals surface area contributed by atoms with Gasteiger partial charge in [-0.15, -0.1) is 11.3 Å². The summed E-state index contributed by atoms with van der Waals surface area (Å²) in [6.45, 7) is 0.445. The van der Waals surface area contributed by atoms with Crippen LogP contribution >= 0.6 is 11.3 Å². The van der Waals surface area contributed by atoms with Crippen LogP contribution < -0.4 is 10.1 Å². The number of amides is 2. The van der Waals surface area contributed by atoms with Crippen LogP contribution in [-0.2, 0) is 17.6 Å². The zero-order chi connectivity index (χ0) is 21.9. The van der Waals surface area contributed by atoms with Gasteiger partial charge in [0, 0.05) is 24.4 Å². The van der Waals surface area contributed by atoms with E-state index in [1.54, 1.807) is 24.3 Å². The third-order valence-electron chi connectivity index (χ3n) is 4.70. The number of thiophene rings is 1. The Hall–Kier alpha value is -3.16. The molecule has 1 aromatic heterocycles. The van der Waals surface area contributed by atoms with Gasteiger partial charge in [0.05, 0.1) is 6.61 Å². The van der Waals surface area contributed by atoms with Gasteiger partial charge in [0.15, 0.2) is 0 Å². The molecule has 1 heterocycles. The standard InChI is InChI=1S/C24H26N2O4S/c27-16-15-26(14-13-19-8-3-1-4-9-19)24(29)25-22(18-21-12-7-17-31-21)23(28)30-20-10-5-2-6-11-20/h1-12,17,22,27H,13-16,18H2,(H,25,29)/t22-/m0/s1. The highest BCUT2D eigenvalue weighted by Gasteiger charge is 2.26. The Morgan fingerprint density at radius 2 is 1.68 bits per heavy atom. The minimum absolute atomic E-state index is 0.160. The number of benzene rings is 2. The molecule has 2 aromatic carbocycles. The van der Waals surface area contributed by atoms with Gasteiger partial charge in [-0.25, -0.2) is 9.59 Å². The number of nitrogens with one attached hydrogen (secondary N) is 1. The first-order chi connectivity index (χ1) is 15.2. The van der Waals surface area contributed by atoms with E-state index < -0.39 is 18.0 Å². The Morgan fingerprint density at radius 1 is 0.968 bits per heavy atom. The van der Waals surface area contributed by atoms with Crippen LogP contribution in [0.4, 0.5) is 4.79 Å². The topological polar surface area (TPSA) is 78.9 Å². The van der Waals surface area contributed by atoms with E-state index >= 15 is 0 Å². The second-order valence-corrected chi connectivity index (χ2v) is 8.00. The highest BCUT2D eigenvalue weighted by molar-refractivity contribution is 7.09. The summed E-state index contributed by atoms with van der Waals surface area (Å²) >= 11 is 1.52. The molecule has 162 valence electrons. The monoisotopic (exact) mass is 438 g/mol. The summed E-state index contributed by atoms with van der Waals surface area (Å²) in [5.74, 6) is -0.103. The van der Waals surface area contributed by atoms with E-state index in [0.29, 0.717) is 25.1 Å². The van der Waals surface area contributed by atoms with Gasteiger partial charge >= 0.3 is 12.0 Å². The van der Waals surface area contributed by atoms with Crippen molar-refractivity contribution in [1.29, 1.82) is 0 Å². The maximum atomic E-state index is 12.9. The van der Waals surface area contributed by atoms with E-state index in [0.717, 1.165) is 10.4 Å². The Balaban J connectivity index is 1.67. The third-order valence-corrected chi connectivity index (χ3v) is 5.60. The van der Waals surface area contributed by atoms with Gasteiger partial charge in [0.1, 0.15) is 11.8 Å². The first kappa shape index (κ1) is 22.5. The van der Waals surface area contributed by atoms with E-state index in [2.05, 4.69) is 5.32 Å². The molecule has 7 heteroatoms. The summed E-state index contributed by atoms with van der Waals surface area (Å²) in [5.41, 5.74) is 1.09. The zero-order valence-corrected chi connectivity index (χ0v) is 18.0. The van der Waals surface area contributed by atoms with Gasteiger partial charge in [0.25, 0.3) is 0 Å². The van der Waals surface area contributed by atoms with Crippen molar-refractivity contribution in [2.45, 2.75) is 18.9 Å². The van der Waals surface area contributed by atoms with Crippen LogP contribution in [0.15, 0.2) is 78.2 Å². The van der Waals surface area contributed by atoms with Crippen LogP contribution in [-0.4, -0.2) is 47.7 Å². The van der Waals surface area contributed by atoms with Crippen LogP contribution in [0.2, 0.25) is 0 Å². The fourth-order valence-electron chi connectivity index (χ4n) is 3.08. The number of para-hydroxylation sites is 1. The third kappa shape index (κ3) is 7.24. The molecule has 6 nitrogen and oxygen atoms in total. The molecule has 0 aliphatic heterocycles. The van der Waals surface area contributed by atoms with Gasteiger partial charge in [0.2, 0.25) is 0 Å². The summed E-state index contributed by atoms with van der Waals surface area (Å²) < 4.78 is 5.48. The van der Waals surface area contributed by atoms with Crippen molar-refractivity contribution < 1.29 is 19.4 Å². The van der Waals surface area contributed by atoms with E-state index in [-0.39, 0.29) is 13.2 Å². The molecule has 1 atom stereocenters. The molecule has 0 spiro atoms. The van der Waals surface area contributed by atoms with Crippen molar-refractivity contribution in [3.8, 4) is 5.75 Å². The normalized spacial score (nSPS) is 11.5. The number of aliphatic hydroxyl groups excluding tert-OH is 1. The van der Waals surface area contributed by atoms with Crippen LogP contribution in [0.3, 0.4) is 0 Å². The summed E-state index contributed by atoms with van der Waals surface area (Å²) in [4.78, 5) is 28.3. The molecule has 2 N–H and O–H groups in total. The van der Waals surface area contributed by atoms with Crippen LogP contribution in [0.5, 0.6) is 5.75 Å². The van der Waals surface area contributed by atoms with Crippen LogP contribution in [0, 0.1) is 0 Å². The van der Waals surface area contributed by atoms with E-state index in [1.807, 2.05) is 53.9 Å². The Morgan fingerprint density at radius 3 is 2.32 bits per heavy atom. The lowest BCUT2D eigenvalue weighted by molar-refractivity contribution is -0.136. The Bertz CT molecular complexity index is 933. The summed E-state index contributed by atoms with van der Waals surface area (Å²) in [6, 6.07) is 21.2. The zero-order valence-electron chi connectivity index (χ0n) is 17.1. The minimum atomic E-state index is -0.843. The summed E-state index contributed by atoms with van der Waals surface area (Å²) in [7, 11) is 0. The summed E-state index contributed by atoms with van der Waals surface area (Å²) in [6.07, 6.45) is 0.985. The van der Waals surface area contributed by atoms with Gasteiger partial charge in [-0.1, -0.05) is 54.6 Å². The highest BCUT2D eigenvalue weighted by atomic mass is 32.1. The van der Waals surface area contributed by atoms with Gasteiger partial charge < -0.3 is 20.1 Å². The number of nitrogens with zero attached hydrogens (tertiary/aromatic N) is 1. The number of carbonyl (C=O) groups excluding carboxylic acids is 2.